The molecule has 0 bridgehead atoms. The molecule has 1 aromatic carbocycles. The first kappa shape index (κ1) is 21.3. The molecule has 0 unspecified atom stereocenters. The Bertz CT molecular complexity index is 1110. The number of carbonyl (C=O) groups excluding carboxylic acids is 2. The van der Waals surface area contributed by atoms with E-state index in [0.29, 0.717) is 11.6 Å². The summed E-state index contributed by atoms with van der Waals surface area (Å²) in [6.45, 7) is 1.60. The molecular formula is C19H15ClF3N5O2. The number of hydrogen-bond donors (Lipinski definition) is 2. The highest BCUT2D eigenvalue weighted by atomic mass is 35.5. The number of benzene rings is 1. The largest absolute Gasteiger partial charge is 0.435 e. The molecule has 0 radical (unpaired) electrons. The van der Waals surface area contributed by atoms with Gasteiger partial charge in [-0.05, 0) is 36.8 Å². The summed E-state index contributed by atoms with van der Waals surface area (Å²) in [6, 6.07) is 8.01. The second-order valence-corrected chi connectivity index (χ2v) is 6.63. The molecule has 30 heavy (non-hydrogen) atoms. The minimum Gasteiger partial charge on any atom is -0.355 e. The Labute approximate surface area is 173 Å². The lowest BCUT2D eigenvalue weighted by molar-refractivity contribution is -0.141. The van der Waals surface area contributed by atoms with Gasteiger partial charge in [0.1, 0.15) is 5.69 Å². The highest BCUT2D eigenvalue weighted by Gasteiger charge is 2.36. The van der Waals surface area contributed by atoms with Gasteiger partial charge in [0.2, 0.25) is 0 Å². The van der Waals surface area contributed by atoms with Crippen LogP contribution in [0.5, 0.6) is 0 Å². The van der Waals surface area contributed by atoms with Crippen molar-refractivity contribution < 1.29 is 22.8 Å². The number of halogens is 4. The lowest BCUT2D eigenvalue weighted by Gasteiger charge is -2.14. The van der Waals surface area contributed by atoms with Gasteiger partial charge in [0.05, 0.1) is 11.3 Å². The van der Waals surface area contributed by atoms with Gasteiger partial charge in [0.15, 0.2) is 11.5 Å². The molecule has 2 aromatic heterocycles. The Morgan fingerprint density at radius 3 is 2.47 bits per heavy atom. The number of aromatic nitrogens is 3. The number of anilines is 1. The van der Waals surface area contributed by atoms with E-state index in [4.69, 9.17) is 11.6 Å². The van der Waals surface area contributed by atoms with Crippen LogP contribution in [0.1, 0.15) is 32.1 Å². The first-order chi connectivity index (χ1) is 14.1. The minimum absolute atomic E-state index is 0.0255. The van der Waals surface area contributed by atoms with Crippen molar-refractivity contribution >= 4 is 29.1 Å². The molecule has 2 heterocycles. The maximum atomic E-state index is 13.2. The topological polar surface area (TPSA) is 88.9 Å². The minimum atomic E-state index is -4.77. The van der Waals surface area contributed by atoms with Gasteiger partial charge in [-0.2, -0.15) is 18.3 Å². The van der Waals surface area contributed by atoms with E-state index in [1.807, 2.05) is 0 Å². The summed E-state index contributed by atoms with van der Waals surface area (Å²) < 4.78 is 40.4. The van der Waals surface area contributed by atoms with Crippen molar-refractivity contribution in [3.8, 4) is 5.82 Å². The van der Waals surface area contributed by atoms with Crippen molar-refractivity contribution in [3.05, 3.63) is 70.1 Å². The van der Waals surface area contributed by atoms with Gasteiger partial charge in [-0.1, -0.05) is 17.7 Å². The van der Waals surface area contributed by atoms with Crippen LogP contribution in [0, 0.1) is 6.92 Å². The number of nitrogens with one attached hydrogen (secondary N) is 2. The Morgan fingerprint density at radius 2 is 1.87 bits per heavy atom. The molecule has 0 fully saturated rings. The fraction of sp³-hybridized carbons (Fsp3) is 0.158. The van der Waals surface area contributed by atoms with Gasteiger partial charge in [-0.15, -0.1) is 0 Å². The molecular weight excluding hydrogens is 423 g/mol. The van der Waals surface area contributed by atoms with Crippen LogP contribution in [0.2, 0.25) is 5.02 Å². The van der Waals surface area contributed by atoms with E-state index in [0.717, 1.165) is 4.68 Å². The van der Waals surface area contributed by atoms with Crippen molar-refractivity contribution in [1.29, 1.82) is 0 Å². The molecule has 7 nitrogen and oxygen atoms in total. The summed E-state index contributed by atoms with van der Waals surface area (Å²) in [6.07, 6.45) is -3.41. The molecule has 0 atom stereocenters. The Kier molecular flexibility index (Phi) is 5.79. The zero-order chi connectivity index (χ0) is 22.1. The molecule has 0 saturated heterocycles. The van der Waals surface area contributed by atoms with E-state index in [1.165, 1.54) is 31.4 Å². The number of carbonyl (C=O) groups is 2. The van der Waals surface area contributed by atoms with Crippen LogP contribution < -0.4 is 10.6 Å². The smallest absolute Gasteiger partial charge is 0.355 e. The molecule has 2 amide bonds. The third kappa shape index (κ3) is 4.28. The standard InChI is InChI=1S/C19H15ClF3N5O2/c1-10-7-11(20)8-12(17(29)24-2)16(10)26-18(30)13-9-14(19(21,22)23)27-28(13)15-5-3-4-6-25-15/h3-9H,1-2H3,(H,24,29)(H,26,30). The molecule has 156 valence electrons. The second-order valence-electron chi connectivity index (χ2n) is 6.19. The monoisotopic (exact) mass is 437 g/mol. The summed E-state index contributed by atoms with van der Waals surface area (Å²) in [7, 11) is 1.40. The number of hydrogen-bond acceptors (Lipinski definition) is 4. The summed E-state index contributed by atoms with van der Waals surface area (Å²) >= 11 is 6.00. The second kappa shape index (κ2) is 8.15. The summed E-state index contributed by atoms with van der Waals surface area (Å²) in [5.41, 5.74) is -1.02. The van der Waals surface area contributed by atoms with Gasteiger partial charge in [0.25, 0.3) is 11.8 Å². The van der Waals surface area contributed by atoms with Gasteiger partial charge < -0.3 is 10.6 Å². The van der Waals surface area contributed by atoms with Crippen LogP contribution in [0.4, 0.5) is 18.9 Å². The van der Waals surface area contributed by atoms with Crippen molar-refractivity contribution in [2.75, 3.05) is 12.4 Å². The summed E-state index contributed by atoms with van der Waals surface area (Å²) in [4.78, 5) is 29.1. The maximum Gasteiger partial charge on any atom is 0.435 e. The summed E-state index contributed by atoms with van der Waals surface area (Å²) in [5, 5.41) is 8.68. The highest BCUT2D eigenvalue weighted by molar-refractivity contribution is 6.31. The van der Waals surface area contributed by atoms with Gasteiger partial charge >= 0.3 is 6.18 Å². The lowest BCUT2D eigenvalue weighted by atomic mass is 10.1. The molecule has 2 N–H and O–H groups in total. The molecule has 3 aromatic rings. The van der Waals surface area contributed by atoms with Gasteiger partial charge in [-0.25, -0.2) is 9.67 Å². The highest BCUT2D eigenvalue weighted by Crippen LogP contribution is 2.30. The van der Waals surface area contributed by atoms with Gasteiger partial charge in [0, 0.05) is 24.3 Å². The third-order valence-corrected chi connectivity index (χ3v) is 4.33. The zero-order valence-corrected chi connectivity index (χ0v) is 16.5. The summed E-state index contributed by atoms with van der Waals surface area (Å²) in [5.74, 6) is -1.40. The van der Waals surface area contributed by atoms with Gasteiger partial charge in [-0.3, -0.25) is 9.59 Å². The van der Waals surface area contributed by atoms with Crippen LogP contribution in [0.25, 0.3) is 5.82 Å². The normalized spacial score (nSPS) is 11.3. The van der Waals surface area contributed by atoms with Crippen LogP contribution in [0.15, 0.2) is 42.6 Å². The van der Waals surface area contributed by atoms with E-state index >= 15 is 0 Å². The van der Waals surface area contributed by atoms with E-state index < -0.39 is 29.4 Å². The third-order valence-electron chi connectivity index (χ3n) is 4.11. The van der Waals surface area contributed by atoms with E-state index in [1.54, 1.807) is 19.1 Å². The van der Waals surface area contributed by atoms with E-state index in [2.05, 4.69) is 20.7 Å². The van der Waals surface area contributed by atoms with Crippen LogP contribution in [-0.4, -0.2) is 33.6 Å². The van der Waals surface area contributed by atoms with Crippen molar-refractivity contribution in [2.24, 2.45) is 0 Å². The predicted molar refractivity (Wildman–Crippen MR) is 104 cm³/mol. The molecule has 0 aliphatic carbocycles. The van der Waals surface area contributed by atoms with Crippen molar-refractivity contribution in [2.45, 2.75) is 13.1 Å². The van der Waals surface area contributed by atoms with Crippen molar-refractivity contribution in [1.82, 2.24) is 20.1 Å². The number of rotatable bonds is 4. The Morgan fingerprint density at radius 1 is 1.13 bits per heavy atom. The molecule has 0 aliphatic heterocycles. The molecule has 3 rings (SSSR count). The molecule has 0 aliphatic rings. The first-order valence-electron chi connectivity index (χ1n) is 8.54. The number of aryl methyl sites for hydroxylation is 1. The molecule has 0 spiro atoms. The lowest BCUT2D eigenvalue weighted by Crippen LogP contribution is -2.23. The van der Waals surface area contributed by atoms with Crippen molar-refractivity contribution in [3.63, 3.8) is 0 Å². The van der Waals surface area contributed by atoms with E-state index in [9.17, 15) is 22.8 Å². The number of alkyl halides is 3. The van der Waals surface area contributed by atoms with E-state index in [-0.39, 0.29) is 22.1 Å². The predicted octanol–water partition coefficient (Wildman–Crippen LogP) is 3.86. The van der Waals surface area contributed by atoms with Crippen LogP contribution in [0.3, 0.4) is 0 Å². The number of amides is 2. The number of nitrogens with zero attached hydrogens (tertiary/aromatic N) is 3. The SMILES string of the molecule is CNC(=O)c1cc(Cl)cc(C)c1NC(=O)c1cc(C(F)(F)F)nn1-c1ccccn1. The average Bonchev–Trinajstić information content (AvgIpc) is 3.16. The maximum absolute atomic E-state index is 13.2. The first-order valence-corrected chi connectivity index (χ1v) is 8.92. The molecule has 11 heteroatoms. The average molecular weight is 438 g/mol. The quantitative estimate of drug-likeness (QED) is 0.648. The fourth-order valence-electron chi connectivity index (χ4n) is 2.74. The zero-order valence-electron chi connectivity index (χ0n) is 15.7. The Hall–Kier alpha value is -3.40. The number of pyridine rings is 1. The fourth-order valence-corrected chi connectivity index (χ4v) is 3.01. The van der Waals surface area contributed by atoms with Crippen LogP contribution in [-0.2, 0) is 6.18 Å². The molecule has 0 saturated carbocycles. The Balaban J connectivity index is 2.09. The van der Waals surface area contributed by atoms with Crippen LogP contribution >= 0.6 is 11.6 Å².